The van der Waals surface area contributed by atoms with Crippen LogP contribution in [0.1, 0.15) is 34.6 Å². The van der Waals surface area contributed by atoms with Crippen molar-refractivity contribution in [3.63, 3.8) is 0 Å². The Morgan fingerprint density at radius 3 is 1.63 bits per heavy atom. The molecule has 108 valence electrons. The van der Waals surface area contributed by atoms with Gasteiger partial charge in [0, 0.05) is 9.81 Å². The zero-order chi connectivity index (χ0) is 15.7. The molecule has 0 aliphatic carbocycles. The second-order valence-corrected chi connectivity index (χ2v) is 4.06. The number of rotatable bonds is 6. The van der Waals surface area contributed by atoms with Gasteiger partial charge in [0.05, 0.1) is 10.8 Å². The van der Waals surface area contributed by atoms with Crippen molar-refractivity contribution >= 4 is 10.8 Å². The van der Waals surface area contributed by atoms with Gasteiger partial charge in [-0.3, -0.25) is 0 Å². The third kappa shape index (κ3) is 11.4. The Morgan fingerprint density at radius 1 is 0.895 bits per heavy atom. The summed E-state index contributed by atoms with van der Waals surface area (Å²) in [5.41, 5.74) is 0. The third-order valence-electron chi connectivity index (χ3n) is 1.52. The Morgan fingerprint density at radius 2 is 1.32 bits per heavy atom. The largest absolute Gasteiger partial charge is 0.249 e. The van der Waals surface area contributed by atoms with Crippen LogP contribution in [0.4, 0.5) is 0 Å². The minimum Gasteiger partial charge on any atom is -0.249 e. The summed E-state index contributed by atoms with van der Waals surface area (Å²) in [7, 11) is -1.22. The van der Waals surface area contributed by atoms with E-state index in [1.807, 2.05) is 40.7 Å². The van der Waals surface area contributed by atoms with Gasteiger partial charge in [0.25, 0.3) is 0 Å². The van der Waals surface area contributed by atoms with Crippen molar-refractivity contribution in [1.82, 2.24) is 0 Å². The van der Waals surface area contributed by atoms with Crippen molar-refractivity contribution in [3.05, 3.63) is 72.1 Å². The molecule has 0 spiro atoms. The first-order chi connectivity index (χ1) is 9.21. The van der Waals surface area contributed by atoms with E-state index < -0.39 is 10.8 Å². The Hall–Kier alpha value is -1.41. The highest BCUT2D eigenvalue weighted by molar-refractivity contribution is 7.93. The van der Waals surface area contributed by atoms with Gasteiger partial charge in [-0.2, -0.15) is 0 Å². The molecule has 0 aliphatic rings. The van der Waals surface area contributed by atoms with Gasteiger partial charge in [0.2, 0.25) is 0 Å². The summed E-state index contributed by atoms with van der Waals surface area (Å²) in [6.45, 7) is 20.6. The lowest BCUT2D eigenvalue weighted by Crippen LogP contribution is -1.94. The first-order valence-corrected chi connectivity index (χ1v) is 7.68. The topological polar surface area (TPSA) is 17.1 Å². The highest BCUT2D eigenvalue weighted by Gasteiger charge is 2.06. The summed E-state index contributed by atoms with van der Waals surface area (Å²) < 4.78 is 12.0. The predicted octanol–water partition coefficient (Wildman–Crippen LogP) is 5.69. The Labute approximate surface area is 122 Å². The number of hydrogen-bond donors (Lipinski definition) is 0. The maximum Gasteiger partial charge on any atom is 0.0849 e. The van der Waals surface area contributed by atoms with E-state index in [0.717, 1.165) is 0 Å². The summed E-state index contributed by atoms with van der Waals surface area (Å²) in [5, 5.41) is 0. The van der Waals surface area contributed by atoms with Crippen molar-refractivity contribution < 1.29 is 4.21 Å². The molecule has 0 aromatic rings. The lowest BCUT2D eigenvalue weighted by atomic mass is 10.4. The van der Waals surface area contributed by atoms with Crippen LogP contribution in [0.5, 0.6) is 0 Å². The van der Waals surface area contributed by atoms with Crippen LogP contribution in [-0.4, -0.2) is 4.21 Å². The maximum absolute atomic E-state index is 12.0. The van der Waals surface area contributed by atoms with Crippen molar-refractivity contribution in [1.29, 1.82) is 0 Å². The molecular weight excluding hydrogens is 252 g/mol. The molecule has 19 heavy (non-hydrogen) atoms. The molecule has 0 heterocycles. The van der Waals surface area contributed by atoms with Crippen LogP contribution in [0.15, 0.2) is 72.1 Å². The van der Waals surface area contributed by atoms with Gasteiger partial charge in [-0.1, -0.05) is 71.7 Å². The first-order valence-electron chi connectivity index (χ1n) is 6.53. The molecule has 0 N–H and O–H groups in total. The molecule has 0 rings (SSSR count). The van der Waals surface area contributed by atoms with Gasteiger partial charge in [0.15, 0.2) is 0 Å². The molecule has 1 unspecified atom stereocenters. The average molecular weight is 280 g/mol. The molecule has 1 atom stereocenters. The van der Waals surface area contributed by atoms with Crippen molar-refractivity contribution in [3.8, 4) is 0 Å². The molecule has 0 aromatic heterocycles. The van der Waals surface area contributed by atoms with E-state index in [-0.39, 0.29) is 0 Å². The minimum absolute atomic E-state index is 0.635. The summed E-state index contributed by atoms with van der Waals surface area (Å²) in [5.74, 6) is 0. The highest BCUT2D eigenvalue weighted by atomic mass is 32.2. The normalized spacial score (nSPS) is 12.5. The molecule has 1 nitrogen and oxygen atoms in total. The van der Waals surface area contributed by atoms with Crippen LogP contribution in [0.25, 0.3) is 0 Å². The Balaban J connectivity index is -0.000000579. The molecule has 0 saturated carbocycles. The van der Waals surface area contributed by atoms with E-state index in [0.29, 0.717) is 9.81 Å². The van der Waals surface area contributed by atoms with Gasteiger partial charge in [-0.05, 0) is 25.2 Å². The summed E-state index contributed by atoms with van der Waals surface area (Å²) in [6.07, 6.45) is 11.8. The number of hydrogen-bond acceptors (Lipinski definition) is 1. The third-order valence-corrected chi connectivity index (χ3v) is 2.96. The molecule has 0 bridgehead atoms. The van der Waals surface area contributed by atoms with Gasteiger partial charge < -0.3 is 0 Å². The van der Waals surface area contributed by atoms with Gasteiger partial charge in [-0.25, -0.2) is 4.21 Å². The van der Waals surface area contributed by atoms with Crippen molar-refractivity contribution in [2.75, 3.05) is 0 Å². The molecule has 0 saturated heterocycles. The summed E-state index contributed by atoms with van der Waals surface area (Å²) in [6, 6.07) is 0. The van der Waals surface area contributed by atoms with Crippen molar-refractivity contribution in [2.24, 2.45) is 0 Å². The molecule has 2 heteroatoms. The van der Waals surface area contributed by atoms with E-state index in [4.69, 9.17) is 0 Å². The van der Waals surface area contributed by atoms with Crippen LogP contribution in [0.3, 0.4) is 0 Å². The summed E-state index contributed by atoms with van der Waals surface area (Å²) >= 11 is 0. The van der Waals surface area contributed by atoms with E-state index in [1.54, 1.807) is 36.5 Å². The zero-order valence-corrected chi connectivity index (χ0v) is 13.8. The molecule has 0 aliphatic heterocycles. The SMILES string of the molecule is C=C/C=C(\C=C)S(=O)C(/C=C\C)=C/C=C.CC.CC. The smallest absolute Gasteiger partial charge is 0.0849 e. The maximum atomic E-state index is 12.0. The standard InChI is InChI=1S/C13H16OS.2C2H6/c1-5-9-12(8-4)15(14)13(10-6-2)11-7-3;2*1-2/h5-11H,1-2,4H2,3H3;2*1-2H3/b11-7-,12-9+,13-10+;;. The minimum atomic E-state index is -1.22. The number of allylic oxidation sites excluding steroid dienone is 7. The predicted molar refractivity (Wildman–Crippen MR) is 92.4 cm³/mol. The van der Waals surface area contributed by atoms with Crippen LogP contribution in [0.2, 0.25) is 0 Å². The average Bonchev–Trinajstić information content (AvgIpc) is 2.48. The van der Waals surface area contributed by atoms with Crippen LogP contribution < -0.4 is 0 Å². The lowest BCUT2D eigenvalue weighted by molar-refractivity contribution is 0.691. The lowest BCUT2D eigenvalue weighted by Gasteiger charge is -2.02. The molecule has 0 amide bonds. The first kappa shape index (κ1) is 22.7. The van der Waals surface area contributed by atoms with Gasteiger partial charge in [-0.15, -0.1) is 0 Å². The highest BCUT2D eigenvalue weighted by Crippen LogP contribution is 2.14. The Bertz CT molecular complexity index is 357. The van der Waals surface area contributed by atoms with E-state index >= 15 is 0 Å². The fourth-order valence-electron chi connectivity index (χ4n) is 0.917. The van der Waals surface area contributed by atoms with Crippen LogP contribution in [-0.2, 0) is 10.8 Å². The second kappa shape index (κ2) is 18.9. The quantitative estimate of drug-likeness (QED) is 0.571. The van der Waals surface area contributed by atoms with E-state index in [2.05, 4.69) is 19.7 Å². The van der Waals surface area contributed by atoms with E-state index in [1.165, 1.54) is 0 Å². The summed E-state index contributed by atoms with van der Waals surface area (Å²) in [4.78, 5) is 1.33. The monoisotopic (exact) mass is 280 g/mol. The molecular formula is C17H28OS. The van der Waals surface area contributed by atoms with E-state index in [9.17, 15) is 4.21 Å². The molecule has 0 fully saturated rings. The van der Waals surface area contributed by atoms with Crippen LogP contribution >= 0.6 is 0 Å². The van der Waals surface area contributed by atoms with Gasteiger partial charge in [0.1, 0.15) is 0 Å². The molecule has 0 aromatic carbocycles. The fraction of sp³-hybridized carbons (Fsp3) is 0.294. The van der Waals surface area contributed by atoms with Crippen molar-refractivity contribution in [2.45, 2.75) is 34.6 Å². The van der Waals surface area contributed by atoms with Crippen LogP contribution in [0, 0.1) is 0 Å². The fourth-order valence-corrected chi connectivity index (χ4v) is 2.04. The van der Waals surface area contributed by atoms with Gasteiger partial charge >= 0.3 is 0 Å². The zero-order valence-electron chi connectivity index (χ0n) is 13.0. The Kier molecular flexibility index (Phi) is 22.7. The second-order valence-electron chi connectivity index (χ2n) is 2.58. The molecule has 0 radical (unpaired) electrons.